The molecule has 4 heteroatoms. The second-order valence-electron chi connectivity index (χ2n) is 7.84. The van der Waals surface area contributed by atoms with Crippen LogP contribution in [0.1, 0.15) is 64.7 Å². The molecule has 0 aromatic carbocycles. The molecule has 4 nitrogen and oxygen atoms in total. The Bertz CT molecular complexity index is 365. The summed E-state index contributed by atoms with van der Waals surface area (Å²) in [6.07, 6.45) is 11.1. The van der Waals surface area contributed by atoms with Crippen LogP contribution in [0.5, 0.6) is 0 Å². The van der Waals surface area contributed by atoms with Crippen molar-refractivity contribution in [3.8, 4) is 0 Å². The average molecular weight is 307 g/mol. The van der Waals surface area contributed by atoms with E-state index < -0.39 is 0 Å². The molecule has 2 saturated carbocycles. The fraction of sp³-hybridized carbons (Fsp3) is 0.944. The Morgan fingerprint density at radius 2 is 1.64 bits per heavy atom. The molecule has 2 aliphatic carbocycles. The van der Waals surface area contributed by atoms with Crippen molar-refractivity contribution in [3.05, 3.63) is 0 Å². The highest BCUT2D eigenvalue weighted by Gasteiger charge is 2.40. The van der Waals surface area contributed by atoms with Crippen molar-refractivity contribution in [1.82, 2.24) is 10.2 Å². The molecule has 0 aromatic rings. The maximum Gasteiger partial charge on any atom is 0.237 e. The number of hydrogen-bond donors (Lipinski definition) is 2. The van der Waals surface area contributed by atoms with Gasteiger partial charge in [0.1, 0.15) is 0 Å². The first kappa shape index (κ1) is 16.3. The average Bonchev–Trinajstić information content (AvgIpc) is 2.76. The Labute approximate surface area is 135 Å². The fourth-order valence-electron chi connectivity index (χ4n) is 4.96. The highest BCUT2D eigenvalue weighted by Crippen LogP contribution is 2.39. The summed E-state index contributed by atoms with van der Waals surface area (Å²) >= 11 is 0. The largest absolute Gasteiger partial charge is 0.351 e. The lowest BCUT2D eigenvalue weighted by atomic mass is 9.67. The number of hydrogen-bond acceptors (Lipinski definition) is 3. The van der Waals surface area contributed by atoms with Gasteiger partial charge in [-0.3, -0.25) is 9.69 Å². The van der Waals surface area contributed by atoms with Crippen LogP contribution in [0, 0.1) is 11.8 Å². The van der Waals surface area contributed by atoms with Gasteiger partial charge in [0.05, 0.1) is 6.04 Å². The monoisotopic (exact) mass is 307 g/mol. The van der Waals surface area contributed by atoms with E-state index in [1.807, 2.05) is 0 Å². The highest BCUT2D eigenvalue weighted by molar-refractivity contribution is 5.81. The minimum Gasteiger partial charge on any atom is -0.351 e. The van der Waals surface area contributed by atoms with Crippen LogP contribution in [0.15, 0.2) is 0 Å². The number of carbonyl (C=O) groups is 1. The van der Waals surface area contributed by atoms with E-state index >= 15 is 0 Å². The summed E-state index contributed by atoms with van der Waals surface area (Å²) < 4.78 is 0. The summed E-state index contributed by atoms with van der Waals surface area (Å²) in [5.74, 6) is 1.48. The third-order valence-corrected chi connectivity index (χ3v) is 6.25. The van der Waals surface area contributed by atoms with Crippen LogP contribution >= 0.6 is 0 Å². The second-order valence-corrected chi connectivity index (χ2v) is 7.84. The molecule has 3 aliphatic rings. The Hall–Kier alpha value is -0.610. The van der Waals surface area contributed by atoms with Crippen molar-refractivity contribution in [3.63, 3.8) is 0 Å². The Kier molecular flexibility index (Phi) is 5.40. The number of fused-ring (bicyclic) bond motifs is 2. The molecule has 1 amide bonds. The van der Waals surface area contributed by atoms with Crippen LogP contribution < -0.4 is 11.1 Å². The zero-order valence-electron chi connectivity index (χ0n) is 14.1. The van der Waals surface area contributed by atoms with Crippen LogP contribution in [0.3, 0.4) is 0 Å². The number of nitrogens with one attached hydrogen (secondary N) is 1. The fourth-order valence-corrected chi connectivity index (χ4v) is 4.96. The van der Waals surface area contributed by atoms with Crippen LogP contribution in [0.4, 0.5) is 0 Å². The van der Waals surface area contributed by atoms with Crippen molar-refractivity contribution in [2.75, 3.05) is 13.1 Å². The van der Waals surface area contributed by atoms with E-state index in [0.717, 1.165) is 25.9 Å². The topological polar surface area (TPSA) is 58.4 Å². The minimum atomic E-state index is 0.0226. The Morgan fingerprint density at radius 3 is 2.23 bits per heavy atom. The number of nitrogens with two attached hydrogens (primary N) is 1. The molecule has 3 rings (SSSR count). The molecule has 3 fully saturated rings. The molecule has 3 atom stereocenters. The molecule has 0 spiro atoms. The summed E-state index contributed by atoms with van der Waals surface area (Å²) in [6, 6.07) is 0.761. The molecular weight excluding hydrogens is 274 g/mol. The summed E-state index contributed by atoms with van der Waals surface area (Å²) in [7, 11) is 0. The number of likely N-dealkylation sites (tertiary alicyclic amines) is 1. The van der Waals surface area contributed by atoms with Gasteiger partial charge in [-0.15, -0.1) is 0 Å². The predicted molar refractivity (Wildman–Crippen MR) is 89.5 cm³/mol. The van der Waals surface area contributed by atoms with Gasteiger partial charge in [-0.1, -0.05) is 19.3 Å². The lowest BCUT2D eigenvalue weighted by Gasteiger charge is -2.45. The molecule has 3 unspecified atom stereocenters. The smallest absolute Gasteiger partial charge is 0.237 e. The van der Waals surface area contributed by atoms with Gasteiger partial charge >= 0.3 is 0 Å². The van der Waals surface area contributed by atoms with E-state index in [0.29, 0.717) is 23.9 Å². The van der Waals surface area contributed by atoms with Crippen LogP contribution in [-0.2, 0) is 4.79 Å². The SMILES string of the molecule is CC(C(=O)NC1C2CCCC1CC(N)C2)N1CCCCCC1. The summed E-state index contributed by atoms with van der Waals surface area (Å²) in [5, 5.41) is 3.42. The molecule has 1 aliphatic heterocycles. The molecule has 1 heterocycles. The highest BCUT2D eigenvalue weighted by atomic mass is 16.2. The van der Waals surface area contributed by atoms with Crippen molar-refractivity contribution < 1.29 is 4.79 Å². The maximum atomic E-state index is 12.8. The summed E-state index contributed by atoms with van der Waals surface area (Å²) in [5.41, 5.74) is 6.19. The van der Waals surface area contributed by atoms with Gasteiger partial charge < -0.3 is 11.1 Å². The van der Waals surface area contributed by atoms with Crippen LogP contribution in [0.2, 0.25) is 0 Å². The van der Waals surface area contributed by atoms with Crippen molar-refractivity contribution in [2.45, 2.75) is 82.8 Å². The van der Waals surface area contributed by atoms with Gasteiger partial charge in [0.25, 0.3) is 0 Å². The Balaban J connectivity index is 1.58. The number of nitrogens with zero attached hydrogens (tertiary/aromatic N) is 1. The van der Waals surface area contributed by atoms with E-state index in [1.165, 1.54) is 44.9 Å². The molecule has 22 heavy (non-hydrogen) atoms. The predicted octanol–water partition coefficient (Wildman–Crippen LogP) is 2.27. The second kappa shape index (κ2) is 7.31. The van der Waals surface area contributed by atoms with Gasteiger partial charge in [-0.25, -0.2) is 0 Å². The van der Waals surface area contributed by atoms with Crippen LogP contribution in [0.25, 0.3) is 0 Å². The van der Waals surface area contributed by atoms with E-state index in [1.54, 1.807) is 0 Å². The quantitative estimate of drug-likeness (QED) is 0.841. The maximum absolute atomic E-state index is 12.8. The first-order valence-electron chi connectivity index (χ1n) is 9.45. The van der Waals surface area contributed by atoms with Crippen molar-refractivity contribution in [2.24, 2.45) is 17.6 Å². The van der Waals surface area contributed by atoms with Crippen molar-refractivity contribution >= 4 is 5.91 Å². The lowest BCUT2D eigenvalue weighted by molar-refractivity contribution is -0.128. The third-order valence-electron chi connectivity index (χ3n) is 6.25. The number of carbonyl (C=O) groups excluding carboxylic acids is 1. The Morgan fingerprint density at radius 1 is 1.05 bits per heavy atom. The standard InChI is InChI=1S/C18H33N3O/c1-13(21-9-4-2-3-5-10-21)18(22)20-17-14-7-6-8-15(17)12-16(19)11-14/h13-17H,2-12,19H2,1H3,(H,20,22). The summed E-state index contributed by atoms with van der Waals surface area (Å²) in [4.78, 5) is 15.1. The van der Waals surface area contributed by atoms with Gasteiger partial charge in [0.15, 0.2) is 0 Å². The first-order valence-corrected chi connectivity index (χ1v) is 9.45. The van der Waals surface area contributed by atoms with Crippen molar-refractivity contribution in [1.29, 1.82) is 0 Å². The number of amides is 1. The molecular formula is C18H33N3O. The molecule has 2 bridgehead atoms. The van der Waals surface area contributed by atoms with Gasteiger partial charge in [0, 0.05) is 12.1 Å². The normalized spacial score (nSPS) is 38.1. The zero-order valence-corrected chi connectivity index (χ0v) is 14.1. The van der Waals surface area contributed by atoms with Gasteiger partial charge in [0.2, 0.25) is 5.91 Å². The van der Waals surface area contributed by atoms with Crippen LogP contribution in [-0.4, -0.2) is 42.0 Å². The first-order chi connectivity index (χ1) is 10.6. The third kappa shape index (κ3) is 3.65. The van der Waals surface area contributed by atoms with E-state index in [-0.39, 0.29) is 11.9 Å². The minimum absolute atomic E-state index is 0.0226. The van der Waals surface area contributed by atoms with E-state index in [2.05, 4.69) is 17.1 Å². The lowest BCUT2D eigenvalue weighted by Crippen LogP contribution is -2.57. The summed E-state index contributed by atoms with van der Waals surface area (Å²) in [6.45, 7) is 4.25. The number of rotatable bonds is 3. The van der Waals surface area contributed by atoms with Gasteiger partial charge in [-0.2, -0.15) is 0 Å². The van der Waals surface area contributed by atoms with Gasteiger partial charge in [-0.05, 0) is 70.4 Å². The molecule has 1 saturated heterocycles. The van der Waals surface area contributed by atoms with E-state index in [4.69, 9.17) is 5.73 Å². The molecule has 3 N–H and O–H groups in total. The van der Waals surface area contributed by atoms with E-state index in [9.17, 15) is 4.79 Å². The zero-order chi connectivity index (χ0) is 15.5. The molecule has 0 aromatic heterocycles. The molecule has 126 valence electrons. The molecule has 0 radical (unpaired) electrons.